The number of halogens is 1. The van der Waals surface area contributed by atoms with Crippen molar-refractivity contribution in [1.82, 2.24) is 0 Å². The van der Waals surface area contributed by atoms with Gasteiger partial charge in [0, 0.05) is 10.6 Å². The van der Waals surface area contributed by atoms with Crippen molar-refractivity contribution in [2.45, 2.75) is 40.7 Å². The van der Waals surface area contributed by atoms with Gasteiger partial charge in [0.25, 0.3) is 0 Å². The molecule has 0 unspecified atom stereocenters. The summed E-state index contributed by atoms with van der Waals surface area (Å²) in [6.07, 6.45) is 12.7. The minimum atomic E-state index is -0.296. The number of ether oxygens (including phenoxy) is 3. The normalized spacial score (nSPS) is 14.8. The fourth-order valence-electron chi connectivity index (χ4n) is 2.72. The Balaban J connectivity index is 2.38. The first-order chi connectivity index (χ1) is 14.8. The van der Waals surface area contributed by atoms with E-state index in [1.165, 1.54) is 11.6 Å². The molecule has 0 radical (unpaired) electrons. The van der Waals surface area contributed by atoms with E-state index in [1.54, 1.807) is 14.0 Å². The molecular weight excluding hydrogens is 456 g/mol. The number of carbonyl (C=O) groups excluding carboxylic acids is 1. The van der Waals surface area contributed by atoms with E-state index in [0.717, 1.165) is 22.2 Å². The summed E-state index contributed by atoms with van der Waals surface area (Å²) < 4.78 is 16.9. The second-order valence-electron chi connectivity index (χ2n) is 7.48. The number of rotatable bonds is 13. The zero-order valence-corrected chi connectivity index (χ0v) is 20.9. The number of benzene rings is 1. The van der Waals surface area contributed by atoms with Crippen LogP contribution in [0, 0.1) is 11.8 Å². The van der Waals surface area contributed by atoms with Crippen LogP contribution in [0.4, 0.5) is 0 Å². The fraction of sp³-hybridized carbons (Fsp3) is 0.423. The van der Waals surface area contributed by atoms with Crippen LogP contribution < -0.4 is 4.74 Å². The molecule has 1 rings (SSSR count). The summed E-state index contributed by atoms with van der Waals surface area (Å²) in [7, 11) is 1.66. The minimum Gasteiger partial charge on any atom is -0.497 e. The molecule has 5 heteroatoms. The van der Waals surface area contributed by atoms with Crippen molar-refractivity contribution in [3.05, 3.63) is 76.3 Å². The molecule has 0 aliphatic heterocycles. The first-order valence-electron chi connectivity index (χ1n) is 10.6. The smallest absolute Gasteiger partial charge is 0.330 e. The van der Waals surface area contributed by atoms with Gasteiger partial charge in [-0.15, -0.1) is 0 Å². The van der Waals surface area contributed by atoms with E-state index in [4.69, 9.17) is 14.2 Å². The molecule has 0 amide bonds. The van der Waals surface area contributed by atoms with Crippen LogP contribution in [-0.2, 0) is 20.9 Å². The van der Waals surface area contributed by atoms with E-state index in [-0.39, 0.29) is 11.9 Å². The number of hydrogen-bond acceptors (Lipinski definition) is 4. The van der Waals surface area contributed by atoms with Crippen molar-refractivity contribution in [2.75, 3.05) is 20.3 Å². The highest BCUT2D eigenvalue weighted by atomic mass is 79.9. The summed E-state index contributed by atoms with van der Waals surface area (Å²) in [6.45, 7) is 9.71. The molecule has 1 aromatic rings. The highest BCUT2D eigenvalue weighted by molar-refractivity contribution is 9.11. The second kappa shape index (κ2) is 15.7. The second-order valence-corrected chi connectivity index (χ2v) is 8.39. The summed E-state index contributed by atoms with van der Waals surface area (Å²) in [5.74, 6) is 1.04. The quantitative estimate of drug-likeness (QED) is 0.132. The van der Waals surface area contributed by atoms with Crippen LogP contribution in [0.25, 0.3) is 0 Å². The summed E-state index contributed by atoms with van der Waals surface area (Å²) in [5.41, 5.74) is 2.37. The van der Waals surface area contributed by atoms with Crippen LogP contribution in [0.15, 0.2) is 70.8 Å². The van der Waals surface area contributed by atoms with Crippen LogP contribution in [0.1, 0.15) is 39.7 Å². The number of hydrogen-bond donors (Lipinski definition) is 0. The maximum absolute atomic E-state index is 11.4. The van der Waals surface area contributed by atoms with Crippen molar-refractivity contribution in [3.63, 3.8) is 0 Å². The third-order valence-corrected chi connectivity index (χ3v) is 4.97. The first-order valence-corrected chi connectivity index (χ1v) is 11.4. The average molecular weight is 491 g/mol. The Morgan fingerprint density at radius 1 is 1.13 bits per heavy atom. The van der Waals surface area contributed by atoms with Crippen LogP contribution in [0.2, 0.25) is 0 Å². The highest BCUT2D eigenvalue weighted by Gasteiger charge is 2.01. The van der Waals surface area contributed by atoms with Crippen molar-refractivity contribution in [1.29, 1.82) is 0 Å². The van der Waals surface area contributed by atoms with Gasteiger partial charge in [0.05, 0.1) is 26.9 Å². The standard InChI is InChI=1S/C26H35BrO4/c1-6-31-26(28)16-9-21(3)17-20(2)7-12-24(27)13-8-22(4)18-30-19-23-10-14-25(29-5)15-11-23/h8-17,21-22H,6-7,18-19H2,1-5H3/b13-8+,16-9+,20-17-,24-12-/t21-,22-/m0/s1. The van der Waals surface area contributed by atoms with E-state index in [1.807, 2.05) is 37.3 Å². The summed E-state index contributed by atoms with van der Waals surface area (Å²) in [6, 6.07) is 7.92. The van der Waals surface area contributed by atoms with Gasteiger partial charge in [-0.3, -0.25) is 0 Å². The van der Waals surface area contributed by atoms with Gasteiger partial charge in [-0.05, 0) is 49.8 Å². The molecule has 0 heterocycles. The monoisotopic (exact) mass is 490 g/mol. The number of allylic oxidation sites excluding steroid dienone is 6. The molecule has 0 N–H and O–H groups in total. The lowest BCUT2D eigenvalue weighted by Gasteiger charge is -2.08. The molecule has 0 saturated carbocycles. The lowest BCUT2D eigenvalue weighted by molar-refractivity contribution is -0.137. The van der Waals surface area contributed by atoms with Crippen molar-refractivity contribution < 1.29 is 19.0 Å². The van der Waals surface area contributed by atoms with Gasteiger partial charge >= 0.3 is 5.97 Å². The van der Waals surface area contributed by atoms with Crippen LogP contribution >= 0.6 is 15.9 Å². The van der Waals surface area contributed by atoms with Crippen molar-refractivity contribution >= 4 is 21.9 Å². The maximum atomic E-state index is 11.4. The molecule has 0 saturated heterocycles. The molecule has 0 fully saturated rings. The molecule has 1 aromatic carbocycles. The van der Waals surface area contributed by atoms with E-state index in [2.05, 4.69) is 54.1 Å². The summed E-state index contributed by atoms with van der Waals surface area (Å²) >= 11 is 3.61. The van der Waals surface area contributed by atoms with E-state index >= 15 is 0 Å². The van der Waals surface area contributed by atoms with E-state index in [0.29, 0.717) is 25.7 Å². The van der Waals surface area contributed by atoms with Gasteiger partial charge in [-0.25, -0.2) is 4.79 Å². The van der Waals surface area contributed by atoms with Crippen LogP contribution in [0.3, 0.4) is 0 Å². The van der Waals surface area contributed by atoms with Gasteiger partial charge < -0.3 is 14.2 Å². The topological polar surface area (TPSA) is 44.8 Å². The SMILES string of the molecule is CCOC(=O)/C=C/[C@H](C)/C=C(/C)C/C=C(Br)/C=C/[C@H](C)COCc1ccc(OC)cc1. The maximum Gasteiger partial charge on any atom is 0.330 e. The molecular formula is C26H35BrO4. The number of esters is 1. The van der Waals surface area contributed by atoms with E-state index in [9.17, 15) is 4.79 Å². The Kier molecular flexibility index (Phi) is 13.6. The Morgan fingerprint density at radius 2 is 1.84 bits per heavy atom. The van der Waals surface area contributed by atoms with Crippen molar-refractivity contribution in [3.8, 4) is 5.75 Å². The predicted molar refractivity (Wildman–Crippen MR) is 131 cm³/mol. The van der Waals surface area contributed by atoms with Gasteiger partial charge in [0.1, 0.15) is 5.75 Å². The molecule has 170 valence electrons. The molecule has 0 aliphatic carbocycles. The Labute approximate surface area is 195 Å². The average Bonchev–Trinajstić information content (AvgIpc) is 2.75. The van der Waals surface area contributed by atoms with Crippen LogP contribution in [0.5, 0.6) is 5.75 Å². The molecule has 0 bridgehead atoms. The number of methoxy groups -OCH3 is 1. The molecule has 0 aromatic heterocycles. The minimum absolute atomic E-state index is 0.176. The summed E-state index contributed by atoms with van der Waals surface area (Å²) in [5, 5.41) is 0. The Hall–Kier alpha value is -2.11. The first kappa shape index (κ1) is 26.9. The largest absolute Gasteiger partial charge is 0.497 e. The lowest BCUT2D eigenvalue weighted by atomic mass is 10.1. The highest BCUT2D eigenvalue weighted by Crippen LogP contribution is 2.16. The predicted octanol–water partition coefficient (Wildman–Crippen LogP) is 6.77. The zero-order chi connectivity index (χ0) is 23.1. The third kappa shape index (κ3) is 13.0. The Bertz CT molecular complexity index is 775. The molecule has 0 spiro atoms. The van der Waals surface area contributed by atoms with Gasteiger partial charge in [-0.2, -0.15) is 0 Å². The molecule has 31 heavy (non-hydrogen) atoms. The number of carbonyl (C=O) groups is 1. The van der Waals surface area contributed by atoms with E-state index < -0.39 is 0 Å². The van der Waals surface area contributed by atoms with Gasteiger partial charge in [0.2, 0.25) is 0 Å². The van der Waals surface area contributed by atoms with Gasteiger partial charge in [0.15, 0.2) is 0 Å². The lowest BCUT2D eigenvalue weighted by Crippen LogP contribution is -2.03. The fourth-order valence-corrected chi connectivity index (χ4v) is 3.03. The van der Waals surface area contributed by atoms with Crippen LogP contribution in [-0.4, -0.2) is 26.3 Å². The third-order valence-electron chi connectivity index (χ3n) is 4.38. The molecule has 0 aliphatic rings. The summed E-state index contributed by atoms with van der Waals surface area (Å²) in [4.78, 5) is 11.4. The van der Waals surface area contributed by atoms with Gasteiger partial charge in [-0.1, -0.05) is 77.9 Å². The molecule has 2 atom stereocenters. The molecule has 4 nitrogen and oxygen atoms in total. The zero-order valence-electron chi connectivity index (χ0n) is 19.3. The Morgan fingerprint density at radius 3 is 2.48 bits per heavy atom. The van der Waals surface area contributed by atoms with Crippen molar-refractivity contribution in [2.24, 2.45) is 11.8 Å².